The van der Waals surface area contributed by atoms with Gasteiger partial charge in [0.2, 0.25) is 11.8 Å². The lowest BCUT2D eigenvalue weighted by atomic mass is 10.0. The van der Waals surface area contributed by atoms with Crippen LogP contribution in [0.4, 0.5) is 0 Å². The smallest absolute Gasteiger partial charge is 0.245 e. The van der Waals surface area contributed by atoms with E-state index in [2.05, 4.69) is 12.2 Å². The zero-order valence-electron chi connectivity index (χ0n) is 9.32. The molecule has 2 aliphatic rings. The molecule has 0 aromatic heterocycles. The molecule has 0 aliphatic carbocycles. The molecule has 84 valence electrons. The quantitative estimate of drug-likeness (QED) is 0.722. The maximum absolute atomic E-state index is 12.0. The summed E-state index contributed by atoms with van der Waals surface area (Å²) in [6, 6.07) is -0.468. The predicted octanol–water partition coefficient (Wildman–Crippen LogP) is 0.522. The van der Waals surface area contributed by atoms with Crippen molar-refractivity contribution in [3.63, 3.8) is 0 Å². The number of fused-ring (bicyclic) bond motifs is 1. The van der Waals surface area contributed by atoms with Crippen molar-refractivity contribution in [1.82, 2.24) is 10.2 Å². The second-order valence-corrected chi connectivity index (χ2v) is 4.70. The summed E-state index contributed by atoms with van der Waals surface area (Å²) >= 11 is 0. The zero-order chi connectivity index (χ0) is 11.0. The summed E-state index contributed by atoms with van der Waals surface area (Å²) in [4.78, 5) is 25.5. The molecule has 1 N–H and O–H groups in total. The van der Waals surface area contributed by atoms with Gasteiger partial charge in [0.05, 0.1) is 0 Å². The van der Waals surface area contributed by atoms with E-state index < -0.39 is 0 Å². The molecule has 4 heteroatoms. The second-order valence-electron chi connectivity index (χ2n) is 4.70. The highest BCUT2D eigenvalue weighted by Gasteiger charge is 2.44. The molecule has 2 fully saturated rings. The van der Waals surface area contributed by atoms with Gasteiger partial charge in [-0.15, -0.1) is 0 Å². The summed E-state index contributed by atoms with van der Waals surface area (Å²) in [7, 11) is 0. The summed E-state index contributed by atoms with van der Waals surface area (Å²) in [5.41, 5.74) is 0. The average molecular weight is 210 g/mol. The first-order valence-corrected chi connectivity index (χ1v) is 5.74. The van der Waals surface area contributed by atoms with Crippen molar-refractivity contribution < 1.29 is 9.59 Å². The predicted molar refractivity (Wildman–Crippen MR) is 56.1 cm³/mol. The van der Waals surface area contributed by atoms with Crippen molar-refractivity contribution in [3.05, 3.63) is 0 Å². The van der Waals surface area contributed by atoms with Crippen LogP contribution in [0.15, 0.2) is 0 Å². The SMILES string of the molecule is CCC[C@@H]1NC(=O)[C@@H]2CC(C)CN2C1=O. The molecular weight excluding hydrogens is 192 g/mol. The van der Waals surface area contributed by atoms with Gasteiger partial charge in [-0.1, -0.05) is 20.3 Å². The lowest BCUT2D eigenvalue weighted by Gasteiger charge is -2.34. The van der Waals surface area contributed by atoms with Gasteiger partial charge < -0.3 is 10.2 Å². The molecule has 0 aromatic rings. The summed E-state index contributed by atoms with van der Waals surface area (Å²) in [5, 5.41) is 2.83. The maximum atomic E-state index is 12.0. The fourth-order valence-electron chi connectivity index (χ4n) is 2.55. The molecule has 3 atom stereocenters. The fourth-order valence-corrected chi connectivity index (χ4v) is 2.55. The maximum Gasteiger partial charge on any atom is 0.245 e. The van der Waals surface area contributed by atoms with Gasteiger partial charge in [0, 0.05) is 6.54 Å². The first-order chi connectivity index (χ1) is 7.13. The van der Waals surface area contributed by atoms with Crippen LogP contribution in [0.2, 0.25) is 0 Å². The number of carbonyl (C=O) groups is 2. The standard InChI is InChI=1S/C11H18N2O2/c1-3-4-8-11(15)13-6-7(2)5-9(13)10(14)12-8/h7-9H,3-6H2,1-2H3,(H,12,14)/t7?,8-,9-/m0/s1. The van der Waals surface area contributed by atoms with Gasteiger partial charge in [-0.05, 0) is 18.8 Å². The monoisotopic (exact) mass is 210 g/mol. The van der Waals surface area contributed by atoms with Crippen LogP contribution in [0.5, 0.6) is 0 Å². The van der Waals surface area contributed by atoms with E-state index in [0.29, 0.717) is 5.92 Å². The van der Waals surface area contributed by atoms with Gasteiger partial charge in [0.1, 0.15) is 12.1 Å². The topological polar surface area (TPSA) is 49.4 Å². The number of rotatable bonds is 2. The van der Waals surface area contributed by atoms with Gasteiger partial charge >= 0.3 is 0 Å². The van der Waals surface area contributed by atoms with Crippen molar-refractivity contribution in [3.8, 4) is 0 Å². The van der Waals surface area contributed by atoms with Crippen LogP contribution in [0.3, 0.4) is 0 Å². The Morgan fingerprint density at radius 3 is 2.87 bits per heavy atom. The van der Waals surface area contributed by atoms with Crippen LogP contribution < -0.4 is 5.32 Å². The molecule has 0 bridgehead atoms. The van der Waals surface area contributed by atoms with E-state index in [1.54, 1.807) is 4.90 Å². The average Bonchev–Trinajstić information content (AvgIpc) is 2.57. The van der Waals surface area contributed by atoms with Crippen LogP contribution in [0.25, 0.3) is 0 Å². The number of amides is 2. The number of nitrogens with one attached hydrogen (secondary N) is 1. The Balaban J connectivity index is 2.13. The lowest BCUT2D eigenvalue weighted by molar-refractivity contribution is -0.147. The number of carbonyl (C=O) groups excluding carboxylic acids is 2. The number of hydrogen-bond acceptors (Lipinski definition) is 2. The molecule has 0 radical (unpaired) electrons. The van der Waals surface area contributed by atoms with Gasteiger partial charge in [0.25, 0.3) is 0 Å². The van der Waals surface area contributed by atoms with Crippen LogP contribution >= 0.6 is 0 Å². The van der Waals surface area contributed by atoms with Crippen molar-refractivity contribution >= 4 is 11.8 Å². The second kappa shape index (κ2) is 3.83. The lowest BCUT2D eigenvalue weighted by Crippen LogP contribution is -2.60. The summed E-state index contributed by atoms with van der Waals surface area (Å²) in [5.74, 6) is 0.605. The molecule has 2 amide bonds. The molecule has 0 aromatic carbocycles. The van der Waals surface area contributed by atoms with Crippen LogP contribution in [0.1, 0.15) is 33.1 Å². The van der Waals surface area contributed by atoms with Crippen molar-refractivity contribution in [2.24, 2.45) is 5.92 Å². The molecule has 2 heterocycles. The molecule has 15 heavy (non-hydrogen) atoms. The summed E-state index contributed by atoms with van der Waals surface area (Å²) in [6.45, 7) is 4.86. The molecule has 2 aliphatic heterocycles. The molecule has 0 spiro atoms. The number of nitrogens with zero attached hydrogens (tertiary/aromatic N) is 1. The van der Waals surface area contributed by atoms with Crippen molar-refractivity contribution in [2.75, 3.05) is 6.54 Å². The molecule has 2 saturated heterocycles. The van der Waals surface area contributed by atoms with Crippen LogP contribution in [0, 0.1) is 5.92 Å². The van der Waals surface area contributed by atoms with Gasteiger partial charge in [-0.3, -0.25) is 9.59 Å². The Labute approximate surface area is 90.0 Å². The zero-order valence-corrected chi connectivity index (χ0v) is 9.32. The normalized spacial score (nSPS) is 35.3. The van der Waals surface area contributed by atoms with E-state index in [-0.39, 0.29) is 23.9 Å². The largest absolute Gasteiger partial charge is 0.343 e. The highest BCUT2D eigenvalue weighted by Crippen LogP contribution is 2.27. The third kappa shape index (κ3) is 1.73. The Morgan fingerprint density at radius 2 is 2.20 bits per heavy atom. The Morgan fingerprint density at radius 1 is 1.47 bits per heavy atom. The molecule has 1 unspecified atom stereocenters. The Kier molecular flexibility index (Phi) is 2.67. The van der Waals surface area contributed by atoms with E-state index in [1.165, 1.54) is 0 Å². The van der Waals surface area contributed by atoms with Crippen molar-refractivity contribution in [1.29, 1.82) is 0 Å². The third-order valence-electron chi connectivity index (χ3n) is 3.29. The minimum absolute atomic E-state index is 0.0393. The fraction of sp³-hybridized carbons (Fsp3) is 0.818. The van der Waals surface area contributed by atoms with E-state index in [4.69, 9.17) is 0 Å². The highest BCUT2D eigenvalue weighted by atomic mass is 16.2. The molecule has 4 nitrogen and oxygen atoms in total. The molecule has 0 saturated carbocycles. The third-order valence-corrected chi connectivity index (χ3v) is 3.29. The van der Waals surface area contributed by atoms with E-state index in [0.717, 1.165) is 25.8 Å². The van der Waals surface area contributed by atoms with Gasteiger partial charge in [0.15, 0.2) is 0 Å². The molecule has 2 rings (SSSR count). The number of piperazine rings is 1. The first kappa shape index (κ1) is 10.5. The van der Waals surface area contributed by atoms with Gasteiger partial charge in [-0.2, -0.15) is 0 Å². The summed E-state index contributed by atoms with van der Waals surface area (Å²) in [6.07, 6.45) is 2.49. The highest BCUT2D eigenvalue weighted by molar-refractivity contribution is 5.97. The van der Waals surface area contributed by atoms with Gasteiger partial charge in [-0.25, -0.2) is 0 Å². The number of hydrogen-bond donors (Lipinski definition) is 1. The van der Waals surface area contributed by atoms with Crippen molar-refractivity contribution in [2.45, 2.75) is 45.2 Å². The Hall–Kier alpha value is -1.06. The minimum atomic E-state index is -0.274. The molecular formula is C11H18N2O2. The van der Waals surface area contributed by atoms with Crippen LogP contribution in [-0.4, -0.2) is 35.3 Å². The summed E-state index contributed by atoms with van der Waals surface area (Å²) < 4.78 is 0. The van der Waals surface area contributed by atoms with E-state index in [9.17, 15) is 9.59 Å². The van der Waals surface area contributed by atoms with Crippen LogP contribution in [-0.2, 0) is 9.59 Å². The van der Waals surface area contributed by atoms with E-state index >= 15 is 0 Å². The van der Waals surface area contributed by atoms with E-state index in [1.807, 2.05) is 6.92 Å². The minimum Gasteiger partial charge on any atom is -0.343 e. The Bertz CT molecular complexity index is 290. The first-order valence-electron chi connectivity index (χ1n) is 5.74.